The molecule has 0 aromatic heterocycles. The smallest absolute Gasteiger partial charge is 0.256 e. The van der Waals surface area contributed by atoms with Gasteiger partial charge in [0.1, 0.15) is 5.75 Å². The van der Waals surface area contributed by atoms with Gasteiger partial charge in [0.05, 0.1) is 16.9 Å². The van der Waals surface area contributed by atoms with Crippen LogP contribution in [0.1, 0.15) is 15.9 Å². The van der Waals surface area contributed by atoms with Crippen LogP contribution in [-0.4, -0.2) is 11.0 Å². The maximum atomic E-state index is 12.2. The molecule has 0 unspecified atom stereocenters. The van der Waals surface area contributed by atoms with Gasteiger partial charge in [-0.25, -0.2) is 0 Å². The van der Waals surface area contributed by atoms with E-state index in [0.717, 1.165) is 5.56 Å². The van der Waals surface area contributed by atoms with Crippen LogP contribution in [-0.2, 0) is 0 Å². The third kappa shape index (κ3) is 3.06. The first-order chi connectivity index (χ1) is 8.97. The number of halogens is 1. The highest BCUT2D eigenvalue weighted by molar-refractivity contribution is 9.10. The molecule has 0 aliphatic heterocycles. The summed E-state index contributed by atoms with van der Waals surface area (Å²) < 4.78 is 0.716. The highest BCUT2D eigenvalue weighted by Gasteiger charge is 2.12. The lowest BCUT2D eigenvalue weighted by molar-refractivity contribution is 0.102. The predicted octanol–water partition coefficient (Wildman–Crippen LogP) is 3.30. The lowest BCUT2D eigenvalue weighted by atomic mass is 10.1. The maximum absolute atomic E-state index is 12.2. The van der Waals surface area contributed by atoms with Gasteiger partial charge in [0.25, 0.3) is 5.91 Å². The Morgan fingerprint density at radius 2 is 2.00 bits per heavy atom. The number of nitrogens with one attached hydrogen (secondary N) is 1. The number of amides is 1. The van der Waals surface area contributed by atoms with Crippen LogP contribution in [0.3, 0.4) is 0 Å². The topological polar surface area (TPSA) is 75.3 Å². The molecule has 98 valence electrons. The Morgan fingerprint density at radius 3 is 2.68 bits per heavy atom. The Morgan fingerprint density at radius 1 is 1.26 bits per heavy atom. The van der Waals surface area contributed by atoms with Crippen LogP contribution in [0.25, 0.3) is 0 Å². The Bertz CT molecular complexity index is 641. The number of carbonyl (C=O) groups is 1. The minimum Gasteiger partial charge on any atom is -0.508 e. The van der Waals surface area contributed by atoms with Gasteiger partial charge in [-0.3, -0.25) is 4.79 Å². The van der Waals surface area contributed by atoms with Crippen molar-refractivity contribution in [1.29, 1.82) is 0 Å². The van der Waals surface area contributed by atoms with Gasteiger partial charge in [-0.15, -0.1) is 0 Å². The van der Waals surface area contributed by atoms with Gasteiger partial charge >= 0.3 is 0 Å². The number of rotatable bonds is 2. The number of aryl methyl sites for hydroxylation is 1. The van der Waals surface area contributed by atoms with Crippen molar-refractivity contribution in [3.05, 3.63) is 52.0 Å². The number of benzene rings is 2. The average Bonchev–Trinajstić information content (AvgIpc) is 2.35. The molecule has 0 aliphatic carbocycles. The molecule has 0 saturated heterocycles. The Labute approximate surface area is 119 Å². The van der Waals surface area contributed by atoms with Crippen molar-refractivity contribution in [3.8, 4) is 5.75 Å². The van der Waals surface area contributed by atoms with E-state index in [2.05, 4.69) is 21.2 Å². The van der Waals surface area contributed by atoms with E-state index < -0.39 is 0 Å². The zero-order chi connectivity index (χ0) is 14.0. The summed E-state index contributed by atoms with van der Waals surface area (Å²) in [5.74, 6) is -0.194. The van der Waals surface area contributed by atoms with E-state index in [4.69, 9.17) is 5.73 Å². The van der Waals surface area contributed by atoms with Crippen molar-refractivity contribution in [2.45, 2.75) is 6.92 Å². The molecule has 4 N–H and O–H groups in total. The summed E-state index contributed by atoms with van der Waals surface area (Å²) in [6, 6.07) is 9.95. The number of hydrogen-bond donors (Lipinski definition) is 3. The highest BCUT2D eigenvalue weighted by atomic mass is 79.9. The van der Waals surface area contributed by atoms with Crippen molar-refractivity contribution < 1.29 is 9.90 Å². The second-order valence-corrected chi connectivity index (χ2v) is 5.06. The minimum atomic E-state index is -0.257. The zero-order valence-electron chi connectivity index (χ0n) is 10.3. The second-order valence-electron chi connectivity index (χ2n) is 4.21. The fourth-order valence-electron chi connectivity index (χ4n) is 1.67. The van der Waals surface area contributed by atoms with E-state index in [9.17, 15) is 9.90 Å². The molecule has 0 atom stereocenters. The van der Waals surface area contributed by atoms with Crippen LogP contribution in [0, 0.1) is 6.92 Å². The fraction of sp³-hybridized carbons (Fsp3) is 0.0714. The number of aromatic hydroxyl groups is 1. The number of phenols is 1. The van der Waals surface area contributed by atoms with Gasteiger partial charge in [0.2, 0.25) is 0 Å². The van der Waals surface area contributed by atoms with Crippen LogP contribution in [0.4, 0.5) is 11.4 Å². The summed E-state index contributed by atoms with van der Waals surface area (Å²) >= 11 is 3.34. The molecule has 2 aromatic carbocycles. The Kier molecular flexibility index (Phi) is 3.76. The van der Waals surface area contributed by atoms with E-state index in [0.29, 0.717) is 21.4 Å². The standard InChI is InChI=1S/C14H13BrN2O2/c1-8-2-4-11(15)10(6-8)14(19)17-13-5-3-9(18)7-12(13)16/h2-7,18H,16H2,1H3,(H,17,19). The number of nitrogen functional groups attached to an aromatic ring is 1. The van der Waals surface area contributed by atoms with Crippen molar-refractivity contribution in [3.63, 3.8) is 0 Å². The van der Waals surface area contributed by atoms with Crippen molar-refractivity contribution in [2.75, 3.05) is 11.1 Å². The lowest BCUT2D eigenvalue weighted by Crippen LogP contribution is -2.14. The Hall–Kier alpha value is -2.01. The first-order valence-electron chi connectivity index (χ1n) is 5.63. The molecule has 0 bridgehead atoms. The largest absolute Gasteiger partial charge is 0.508 e. The molecular formula is C14H13BrN2O2. The normalized spacial score (nSPS) is 10.2. The first kappa shape index (κ1) is 13.4. The molecule has 2 aromatic rings. The maximum Gasteiger partial charge on any atom is 0.256 e. The van der Waals surface area contributed by atoms with Gasteiger partial charge in [-0.05, 0) is 47.1 Å². The van der Waals surface area contributed by atoms with E-state index >= 15 is 0 Å². The number of anilines is 2. The molecule has 5 heteroatoms. The molecule has 0 aliphatic rings. The summed E-state index contributed by atoms with van der Waals surface area (Å²) in [5.41, 5.74) is 8.04. The number of carbonyl (C=O) groups excluding carboxylic acids is 1. The van der Waals surface area contributed by atoms with E-state index in [1.807, 2.05) is 19.1 Å². The Balaban J connectivity index is 2.28. The third-order valence-electron chi connectivity index (χ3n) is 2.65. The molecule has 0 radical (unpaired) electrons. The lowest BCUT2D eigenvalue weighted by Gasteiger charge is -2.10. The number of nitrogens with two attached hydrogens (primary N) is 1. The van der Waals surface area contributed by atoms with Gasteiger partial charge < -0.3 is 16.2 Å². The summed E-state index contributed by atoms with van der Waals surface area (Å²) in [7, 11) is 0. The predicted molar refractivity (Wildman–Crippen MR) is 79.4 cm³/mol. The summed E-state index contributed by atoms with van der Waals surface area (Å²) in [6.45, 7) is 1.91. The SMILES string of the molecule is Cc1ccc(Br)c(C(=O)Nc2ccc(O)cc2N)c1. The molecule has 2 rings (SSSR count). The first-order valence-corrected chi connectivity index (χ1v) is 6.42. The molecule has 4 nitrogen and oxygen atoms in total. The van der Waals surface area contributed by atoms with E-state index in [1.54, 1.807) is 12.1 Å². The molecule has 1 amide bonds. The minimum absolute atomic E-state index is 0.0623. The van der Waals surface area contributed by atoms with E-state index in [1.165, 1.54) is 12.1 Å². The molecule has 0 spiro atoms. The quantitative estimate of drug-likeness (QED) is 0.587. The van der Waals surface area contributed by atoms with Crippen LogP contribution in [0.5, 0.6) is 5.75 Å². The average molecular weight is 321 g/mol. The van der Waals surface area contributed by atoms with Crippen molar-refractivity contribution >= 4 is 33.2 Å². The summed E-state index contributed by atoms with van der Waals surface area (Å²) in [6.07, 6.45) is 0. The van der Waals surface area contributed by atoms with Crippen LogP contribution >= 0.6 is 15.9 Å². The molecule has 19 heavy (non-hydrogen) atoms. The number of phenolic OH excluding ortho intramolecular Hbond substituents is 1. The van der Waals surface area contributed by atoms with E-state index in [-0.39, 0.29) is 11.7 Å². The highest BCUT2D eigenvalue weighted by Crippen LogP contribution is 2.25. The van der Waals surface area contributed by atoms with Crippen LogP contribution in [0.2, 0.25) is 0 Å². The van der Waals surface area contributed by atoms with Crippen molar-refractivity contribution in [2.24, 2.45) is 0 Å². The fourth-order valence-corrected chi connectivity index (χ4v) is 2.09. The molecular weight excluding hydrogens is 308 g/mol. The molecule has 0 fully saturated rings. The molecule has 0 saturated carbocycles. The van der Waals surface area contributed by atoms with Gasteiger partial charge in [0.15, 0.2) is 0 Å². The van der Waals surface area contributed by atoms with Crippen LogP contribution in [0.15, 0.2) is 40.9 Å². The van der Waals surface area contributed by atoms with Crippen molar-refractivity contribution in [1.82, 2.24) is 0 Å². The summed E-state index contributed by atoms with van der Waals surface area (Å²) in [5, 5.41) is 12.0. The second kappa shape index (κ2) is 5.32. The third-order valence-corrected chi connectivity index (χ3v) is 3.34. The van der Waals surface area contributed by atoms with Gasteiger partial charge in [-0.2, -0.15) is 0 Å². The molecule has 0 heterocycles. The van der Waals surface area contributed by atoms with Gasteiger partial charge in [-0.1, -0.05) is 11.6 Å². The van der Waals surface area contributed by atoms with Gasteiger partial charge in [0, 0.05) is 10.5 Å². The zero-order valence-corrected chi connectivity index (χ0v) is 11.9. The number of hydrogen-bond acceptors (Lipinski definition) is 3. The monoisotopic (exact) mass is 320 g/mol. The van der Waals surface area contributed by atoms with Crippen LogP contribution < -0.4 is 11.1 Å². The summed E-state index contributed by atoms with van der Waals surface area (Å²) in [4.78, 5) is 12.2.